The second-order valence-electron chi connectivity index (χ2n) is 12.6. The maximum atomic E-state index is 9.62. The van der Waals surface area contributed by atoms with Crippen LogP contribution in [0.3, 0.4) is 0 Å². The van der Waals surface area contributed by atoms with Crippen LogP contribution >= 0.6 is 0 Å². The van der Waals surface area contributed by atoms with E-state index in [0.717, 1.165) is 77.4 Å². The van der Waals surface area contributed by atoms with Gasteiger partial charge in [0, 0.05) is 63.0 Å². The van der Waals surface area contributed by atoms with Gasteiger partial charge in [-0.05, 0) is 84.4 Å². The summed E-state index contributed by atoms with van der Waals surface area (Å²) in [6, 6.07) is 45.4. The molecule has 52 heavy (non-hydrogen) atoms. The lowest BCUT2D eigenvalue weighted by molar-refractivity contribution is 1.06. The SMILES string of the molecule is N#Cc1ccc(-c2cc(-n3c4ccccc4c4cc(-c5ncccn5)ccc43)ncc2-n2c3ccccc3c3cc(-c4ncccn4)ccc32)cc1. The minimum absolute atomic E-state index is 0.604. The molecule has 0 bridgehead atoms. The van der Waals surface area contributed by atoms with Crippen molar-refractivity contribution in [2.75, 3.05) is 0 Å². The zero-order valence-corrected chi connectivity index (χ0v) is 27.6. The van der Waals surface area contributed by atoms with Gasteiger partial charge in [-0.3, -0.25) is 4.57 Å². The molecule has 0 aliphatic rings. The molecule has 0 aliphatic carbocycles. The fourth-order valence-electron chi connectivity index (χ4n) is 7.32. The molecule has 0 spiro atoms. The molecule has 0 amide bonds. The Bertz CT molecular complexity index is 3010. The summed E-state index contributed by atoms with van der Waals surface area (Å²) in [5, 5.41) is 14.0. The molecule has 0 saturated heterocycles. The van der Waals surface area contributed by atoms with E-state index < -0.39 is 0 Å². The van der Waals surface area contributed by atoms with Crippen molar-refractivity contribution in [2.45, 2.75) is 0 Å². The Hall–Kier alpha value is -7.50. The highest BCUT2D eigenvalue weighted by Gasteiger charge is 2.20. The van der Waals surface area contributed by atoms with Crippen LogP contribution in [0, 0.1) is 11.3 Å². The summed E-state index contributed by atoms with van der Waals surface area (Å²) < 4.78 is 4.50. The fraction of sp³-hybridized carbons (Fsp3) is 0. The van der Waals surface area contributed by atoms with Crippen molar-refractivity contribution in [3.63, 3.8) is 0 Å². The summed E-state index contributed by atoms with van der Waals surface area (Å²) in [7, 11) is 0. The Morgan fingerprint density at radius 3 is 1.52 bits per heavy atom. The fourth-order valence-corrected chi connectivity index (χ4v) is 7.32. The number of rotatable bonds is 5. The van der Waals surface area contributed by atoms with Crippen molar-refractivity contribution >= 4 is 43.6 Å². The van der Waals surface area contributed by atoms with E-state index in [0.29, 0.717) is 17.2 Å². The first-order chi connectivity index (χ1) is 25.7. The van der Waals surface area contributed by atoms with Crippen molar-refractivity contribution in [1.82, 2.24) is 34.1 Å². The van der Waals surface area contributed by atoms with E-state index in [2.05, 4.69) is 126 Å². The molecular formula is C44H26N8. The Morgan fingerprint density at radius 1 is 0.442 bits per heavy atom. The second kappa shape index (κ2) is 11.8. The van der Waals surface area contributed by atoms with Gasteiger partial charge in [0.25, 0.3) is 0 Å². The van der Waals surface area contributed by atoms with Gasteiger partial charge in [-0.15, -0.1) is 0 Å². The number of fused-ring (bicyclic) bond motifs is 6. The molecule has 0 fully saturated rings. The van der Waals surface area contributed by atoms with Crippen LogP contribution < -0.4 is 0 Å². The molecule has 5 aromatic heterocycles. The third kappa shape index (κ3) is 4.65. The molecule has 8 heteroatoms. The number of aromatic nitrogens is 7. The van der Waals surface area contributed by atoms with Crippen molar-refractivity contribution in [3.05, 3.63) is 164 Å². The van der Waals surface area contributed by atoms with Crippen molar-refractivity contribution in [1.29, 1.82) is 5.26 Å². The van der Waals surface area contributed by atoms with Crippen LogP contribution in [-0.2, 0) is 0 Å². The van der Waals surface area contributed by atoms with Gasteiger partial charge in [0.1, 0.15) is 5.82 Å². The highest BCUT2D eigenvalue weighted by molar-refractivity contribution is 6.12. The Labute approximate surface area is 297 Å². The minimum Gasteiger partial charge on any atom is -0.307 e. The first-order valence-corrected chi connectivity index (χ1v) is 16.9. The molecular weight excluding hydrogens is 641 g/mol. The highest BCUT2D eigenvalue weighted by atomic mass is 15.1. The van der Waals surface area contributed by atoms with Crippen molar-refractivity contribution < 1.29 is 0 Å². The van der Waals surface area contributed by atoms with Gasteiger partial charge in [-0.25, -0.2) is 24.9 Å². The zero-order valence-electron chi connectivity index (χ0n) is 27.6. The first-order valence-electron chi connectivity index (χ1n) is 16.9. The summed E-state index contributed by atoms with van der Waals surface area (Å²) in [5.41, 5.74) is 9.55. The van der Waals surface area contributed by atoms with Crippen LogP contribution in [-0.4, -0.2) is 34.1 Å². The van der Waals surface area contributed by atoms with Gasteiger partial charge >= 0.3 is 0 Å². The number of hydrogen-bond acceptors (Lipinski definition) is 6. The molecule has 10 rings (SSSR count). The lowest BCUT2D eigenvalue weighted by atomic mass is 10.0. The lowest BCUT2D eigenvalue weighted by Gasteiger charge is -2.16. The number of nitrogens with zero attached hydrogens (tertiary/aromatic N) is 8. The van der Waals surface area contributed by atoms with E-state index in [1.807, 2.05) is 42.6 Å². The normalized spacial score (nSPS) is 11.4. The van der Waals surface area contributed by atoms with E-state index in [1.165, 1.54) is 0 Å². The Morgan fingerprint density at radius 2 is 0.942 bits per heavy atom. The quantitative estimate of drug-likeness (QED) is 0.181. The third-order valence-corrected chi connectivity index (χ3v) is 9.66. The topological polar surface area (TPSA) is 98.1 Å². The van der Waals surface area contributed by atoms with E-state index in [9.17, 15) is 5.26 Å². The molecule has 0 N–H and O–H groups in total. The molecule has 0 unspecified atom stereocenters. The molecule has 8 nitrogen and oxygen atoms in total. The van der Waals surface area contributed by atoms with Crippen LogP contribution in [0.1, 0.15) is 5.56 Å². The molecule has 0 radical (unpaired) electrons. The predicted molar refractivity (Wildman–Crippen MR) is 205 cm³/mol. The zero-order chi connectivity index (χ0) is 34.6. The maximum Gasteiger partial charge on any atom is 0.159 e. The Balaban J connectivity index is 1.23. The van der Waals surface area contributed by atoms with Crippen LogP contribution in [0.5, 0.6) is 0 Å². The van der Waals surface area contributed by atoms with E-state index >= 15 is 0 Å². The molecule has 5 aromatic carbocycles. The van der Waals surface area contributed by atoms with E-state index in [-0.39, 0.29) is 0 Å². The highest BCUT2D eigenvalue weighted by Crippen LogP contribution is 2.40. The average Bonchev–Trinajstić information content (AvgIpc) is 3.73. The van der Waals surface area contributed by atoms with Crippen molar-refractivity contribution in [2.24, 2.45) is 0 Å². The largest absolute Gasteiger partial charge is 0.307 e. The summed E-state index contributed by atoms with van der Waals surface area (Å²) in [6.45, 7) is 0. The van der Waals surface area contributed by atoms with Crippen LogP contribution in [0.15, 0.2) is 158 Å². The molecule has 242 valence electrons. The first kappa shape index (κ1) is 29.4. The number of pyridine rings is 1. The monoisotopic (exact) mass is 666 g/mol. The van der Waals surface area contributed by atoms with Crippen LogP contribution in [0.25, 0.3) is 89.0 Å². The van der Waals surface area contributed by atoms with Crippen LogP contribution in [0.4, 0.5) is 0 Å². The van der Waals surface area contributed by atoms with Crippen LogP contribution in [0.2, 0.25) is 0 Å². The summed E-state index contributed by atoms with van der Waals surface area (Å²) in [5.74, 6) is 2.14. The average molecular weight is 667 g/mol. The second-order valence-corrected chi connectivity index (χ2v) is 12.6. The van der Waals surface area contributed by atoms with Gasteiger partial charge in [-0.2, -0.15) is 5.26 Å². The Kier molecular flexibility index (Phi) is 6.69. The molecule has 0 saturated carbocycles. The van der Waals surface area contributed by atoms with Gasteiger partial charge in [0.15, 0.2) is 11.6 Å². The third-order valence-electron chi connectivity index (χ3n) is 9.66. The van der Waals surface area contributed by atoms with Gasteiger partial charge in [0.05, 0.1) is 45.6 Å². The number of benzene rings is 5. The van der Waals surface area contributed by atoms with Gasteiger partial charge in [0.2, 0.25) is 0 Å². The predicted octanol–water partition coefficient (Wildman–Crippen LogP) is 9.73. The van der Waals surface area contributed by atoms with E-state index in [1.54, 1.807) is 24.8 Å². The molecule has 0 atom stereocenters. The maximum absolute atomic E-state index is 9.62. The molecule has 0 aliphatic heterocycles. The summed E-state index contributed by atoms with van der Waals surface area (Å²) in [4.78, 5) is 23.2. The number of para-hydroxylation sites is 2. The minimum atomic E-state index is 0.604. The standard InChI is InChI=1S/C44H26N8/c45-26-28-11-13-29(14-12-28)34-25-42(52-38-10-4-2-8-33(38)36-24-31(16-18-40(36)52)44-48-21-6-22-49-44)50-27-41(34)51-37-9-3-1-7-32(37)35-23-30(15-17-39(35)51)43-46-19-5-20-47-43/h1-25,27H. The summed E-state index contributed by atoms with van der Waals surface area (Å²) >= 11 is 0. The van der Waals surface area contributed by atoms with Gasteiger partial charge in [-0.1, -0.05) is 48.5 Å². The molecule has 10 aromatic rings. The number of nitriles is 1. The molecule has 5 heterocycles. The van der Waals surface area contributed by atoms with Crippen molar-refractivity contribution in [3.8, 4) is 51.5 Å². The van der Waals surface area contributed by atoms with E-state index in [4.69, 9.17) is 4.98 Å². The van der Waals surface area contributed by atoms with Gasteiger partial charge < -0.3 is 4.57 Å². The lowest BCUT2D eigenvalue weighted by Crippen LogP contribution is -2.03. The smallest absolute Gasteiger partial charge is 0.159 e. The summed E-state index contributed by atoms with van der Waals surface area (Å²) in [6.07, 6.45) is 9.02. The number of hydrogen-bond donors (Lipinski definition) is 0.